The van der Waals surface area contributed by atoms with Crippen LogP contribution >= 0.6 is 11.6 Å². The highest BCUT2D eigenvalue weighted by Crippen LogP contribution is 2.30. The van der Waals surface area contributed by atoms with E-state index in [1.54, 1.807) is 0 Å². The molecular weight excluding hydrogens is 406 g/mol. The smallest absolute Gasteiger partial charge is 0.275 e. The number of hydrogen-bond acceptors (Lipinski definition) is 6. The Morgan fingerprint density at radius 3 is 2.23 bits per heavy atom. The number of nitrogens with two attached hydrogens (primary N) is 1. The number of nitrogens with zero attached hydrogens (tertiary/aromatic N) is 1. The molecule has 0 amide bonds. The minimum absolute atomic E-state index is 0.0527. The molecule has 0 aliphatic carbocycles. The second kappa shape index (κ2) is 7.19. The van der Waals surface area contributed by atoms with Crippen LogP contribution in [0.5, 0.6) is 0 Å². The van der Waals surface area contributed by atoms with Gasteiger partial charge in [-0.15, -0.1) is 0 Å². The molecule has 0 fully saturated rings. The molecule has 0 unspecified atom stereocenters. The van der Waals surface area contributed by atoms with Crippen LogP contribution in [0.4, 0.5) is 11.4 Å². The Kier molecular flexibility index (Phi) is 5.56. The predicted octanol–water partition coefficient (Wildman–Crippen LogP) is 2.15. The highest BCUT2D eigenvalue weighted by atomic mass is 35.5. The Morgan fingerprint density at radius 2 is 1.73 bits per heavy atom. The number of nitro groups is 1. The summed E-state index contributed by atoms with van der Waals surface area (Å²) in [5.41, 5.74) is 0.260. The van der Waals surface area contributed by atoms with Gasteiger partial charge in [0.25, 0.3) is 15.7 Å². The van der Waals surface area contributed by atoms with E-state index in [1.165, 1.54) is 31.2 Å². The van der Waals surface area contributed by atoms with Gasteiger partial charge in [0.1, 0.15) is 0 Å². The summed E-state index contributed by atoms with van der Waals surface area (Å²) in [4.78, 5) is 9.95. The quantitative estimate of drug-likeness (QED) is 0.540. The Labute approximate surface area is 155 Å². The molecule has 0 aliphatic rings. The van der Waals surface area contributed by atoms with E-state index in [-0.39, 0.29) is 26.9 Å². The van der Waals surface area contributed by atoms with Crippen LogP contribution in [-0.2, 0) is 25.8 Å². The van der Waals surface area contributed by atoms with Crippen molar-refractivity contribution in [1.82, 2.24) is 0 Å². The van der Waals surface area contributed by atoms with E-state index in [2.05, 4.69) is 4.72 Å². The maximum atomic E-state index is 12.4. The first-order valence-electron chi connectivity index (χ1n) is 6.96. The first-order chi connectivity index (χ1) is 11.9. The summed E-state index contributed by atoms with van der Waals surface area (Å²) < 4.78 is 49.2. The zero-order valence-electron chi connectivity index (χ0n) is 13.3. The molecule has 0 atom stereocenters. The normalized spacial score (nSPS) is 12.0. The van der Waals surface area contributed by atoms with E-state index in [4.69, 9.17) is 16.7 Å². The van der Waals surface area contributed by atoms with Crippen molar-refractivity contribution in [2.24, 2.45) is 5.14 Å². The Morgan fingerprint density at radius 1 is 1.15 bits per heavy atom. The van der Waals surface area contributed by atoms with Gasteiger partial charge in [-0.3, -0.25) is 14.8 Å². The fourth-order valence-corrected chi connectivity index (χ4v) is 4.14. The van der Waals surface area contributed by atoms with Gasteiger partial charge in [-0.1, -0.05) is 23.7 Å². The first-order valence-corrected chi connectivity index (χ1v) is 10.5. The lowest BCUT2D eigenvalue weighted by Gasteiger charge is -2.10. The third-order valence-electron chi connectivity index (χ3n) is 3.37. The third kappa shape index (κ3) is 4.91. The monoisotopic (exact) mass is 419 g/mol. The summed E-state index contributed by atoms with van der Waals surface area (Å²) in [5.74, 6) is -0.389. The lowest BCUT2D eigenvalue weighted by Crippen LogP contribution is -2.15. The van der Waals surface area contributed by atoms with Crippen molar-refractivity contribution < 1.29 is 21.8 Å². The zero-order chi connectivity index (χ0) is 19.7. The van der Waals surface area contributed by atoms with Crippen LogP contribution in [0.15, 0.2) is 41.3 Å². The maximum absolute atomic E-state index is 12.4. The van der Waals surface area contributed by atoms with Crippen LogP contribution in [-0.4, -0.2) is 21.8 Å². The molecule has 0 saturated carbocycles. The minimum atomic E-state index is -4.14. The van der Waals surface area contributed by atoms with Gasteiger partial charge in [0.2, 0.25) is 10.0 Å². The lowest BCUT2D eigenvalue weighted by atomic mass is 10.2. The molecule has 0 aromatic heterocycles. The van der Waals surface area contributed by atoms with Crippen molar-refractivity contribution in [1.29, 1.82) is 0 Å². The molecule has 9 nitrogen and oxygen atoms in total. The number of benzene rings is 2. The fraction of sp³-hybridized carbons (Fsp3) is 0.143. The molecule has 2 rings (SSSR count). The Bertz CT molecular complexity index is 1070. The summed E-state index contributed by atoms with van der Waals surface area (Å²) in [6, 6.07) is 7.52. The predicted molar refractivity (Wildman–Crippen MR) is 96.9 cm³/mol. The number of nitrogens with one attached hydrogen (secondary N) is 1. The molecule has 0 spiro atoms. The Balaban J connectivity index is 2.33. The summed E-state index contributed by atoms with van der Waals surface area (Å²) in [6.45, 7) is 1.41. The topological polar surface area (TPSA) is 149 Å². The minimum Gasteiger partial charge on any atom is -0.280 e. The molecule has 26 heavy (non-hydrogen) atoms. The van der Waals surface area contributed by atoms with E-state index >= 15 is 0 Å². The van der Waals surface area contributed by atoms with Gasteiger partial charge in [-0.2, -0.15) is 0 Å². The van der Waals surface area contributed by atoms with Crippen LogP contribution in [0.25, 0.3) is 0 Å². The molecule has 0 heterocycles. The number of primary sulfonamides is 1. The van der Waals surface area contributed by atoms with Gasteiger partial charge >= 0.3 is 0 Å². The molecule has 140 valence electrons. The van der Waals surface area contributed by atoms with Crippen molar-refractivity contribution in [3.8, 4) is 0 Å². The van der Waals surface area contributed by atoms with Gasteiger partial charge in [-0.25, -0.2) is 22.0 Å². The maximum Gasteiger partial charge on any atom is 0.275 e. The van der Waals surface area contributed by atoms with Crippen LogP contribution in [0.3, 0.4) is 0 Å². The third-order valence-corrected chi connectivity index (χ3v) is 5.86. The van der Waals surface area contributed by atoms with Gasteiger partial charge in [0, 0.05) is 17.3 Å². The average Bonchev–Trinajstić information content (AvgIpc) is 2.49. The van der Waals surface area contributed by atoms with E-state index < -0.39 is 30.7 Å². The number of rotatable bonds is 6. The molecule has 0 radical (unpaired) electrons. The highest BCUT2D eigenvalue weighted by Gasteiger charge is 2.22. The van der Waals surface area contributed by atoms with Gasteiger partial charge in [0.15, 0.2) is 0 Å². The second-order valence-electron chi connectivity index (χ2n) is 5.42. The molecule has 12 heteroatoms. The standard InChI is InChI=1S/C14H14ClN3O6S2/c1-9-13(15)6-12(7-14(9)18(19)20)26(23,24)17-11-4-2-10(3-5-11)8-25(16,21)22/h2-7,17H,8H2,1H3,(H2,16,21,22). The van der Waals surface area contributed by atoms with Crippen LogP contribution < -0.4 is 9.86 Å². The number of halogens is 1. The zero-order valence-corrected chi connectivity index (χ0v) is 15.7. The Hall–Kier alpha value is -2.21. The largest absolute Gasteiger partial charge is 0.280 e. The van der Waals surface area contributed by atoms with Gasteiger partial charge in [-0.05, 0) is 30.7 Å². The number of hydrogen-bond donors (Lipinski definition) is 2. The first kappa shape index (κ1) is 20.1. The molecule has 0 saturated heterocycles. The van der Waals surface area contributed by atoms with Crippen molar-refractivity contribution in [2.75, 3.05) is 4.72 Å². The number of sulfonamides is 2. The van der Waals surface area contributed by atoms with Gasteiger partial charge < -0.3 is 0 Å². The van der Waals surface area contributed by atoms with Crippen molar-refractivity contribution >= 4 is 43.0 Å². The molecular formula is C14H14ClN3O6S2. The number of anilines is 1. The van der Waals surface area contributed by atoms with Crippen LogP contribution in [0, 0.1) is 17.0 Å². The lowest BCUT2D eigenvalue weighted by molar-refractivity contribution is -0.385. The molecule has 3 N–H and O–H groups in total. The molecule has 0 aliphatic heterocycles. The summed E-state index contributed by atoms with van der Waals surface area (Å²) >= 11 is 5.89. The molecule has 2 aromatic carbocycles. The summed E-state index contributed by atoms with van der Waals surface area (Å²) in [5, 5.41) is 15.9. The molecule has 0 bridgehead atoms. The second-order valence-corrected chi connectivity index (χ2v) is 9.12. The number of nitro benzene ring substituents is 1. The van der Waals surface area contributed by atoms with E-state index in [9.17, 15) is 26.9 Å². The van der Waals surface area contributed by atoms with Gasteiger partial charge in [0.05, 0.1) is 20.6 Å². The molecule has 2 aromatic rings. The fourth-order valence-electron chi connectivity index (χ4n) is 2.10. The summed E-state index contributed by atoms with van der Waals surface area (Å²) in [6.07, 6.45) is 0. The van der Waals surface area contributed by atoms with Crippen molar-refractivity contribution in [2.45, 2.75) is 17.6 Å². The van der Waals surface area contributed by atoms with E-state index in [0.29, 0.717) is 5.56 Å². The van der Waals surface area contributed by atoms with E-state index in [0.717, 1.165) is 12.1 Å². The summed E-state index contributed by atoms with van der Waals surface area (Å²) in [7, 11) is -7.85. The van der Waals surface area contributed by atoms with Crippen LogP contribution in [0.1, 0.15) is 11.1 Å². The highest BCUT2D eigenvalue weighted by molar-refractivity contribution is 7.92. The van der Waals surface area contributed by atoms with Crippen molar-refractivity contribution in [3.63, 3.8) is 0 Å². The average molecular weight is 420 g/mol. The SMILES string of the molecule is Cc1c(Cl)cc(S(=O)(=O)Nc2ccc(CS(N)(=O)=O)cc2)cc1[N+](=O)[O-]. The van der Waals surface area contributed by atoms with E-state index in [1.807, 2.05) is 0 Å². The van der Waals surface area contributed by atoms with Crippen LogP contribution in [0.2, 0.25) is 5.02 Å². The van der Waals surface area contributed by atoms with Crippen molar-refractivity contribution in [3.05, 3.63) is 62.7 Å².